The fourth-order valence-electron chi connectivity index (χ4n) is 2.69. The molecule has 6 heteroatoms. The van der Waals surface area contributed by atoms with Gasteiger partial charge < -0.3 is 14.7 Å². The smallest absolute Gasteiger partial charge is 0.311 e. The minimum absolute atomic E-state index is 0.0543. The number of nitrogens with zero attached hydrogens (tertiary/aromatic N) is 1. The SMILES string of the molecule is CN(C(=O)CC1CCSCC1)C1COCC1C(=O)O. The molecule has 1 amide bonds. The van der Waals surface area contributed by atoms with Crippen molar-refractivity contribution in [1.82, 2.24) is 4.90 Å². The number of carbonyl (C=O) groups excluding carboxylic acids is 1. The van der Waals surface area contributed by atoms with Gasteiger partial charge in [0.05, 0.1) is 19.3 Å². The topological polar surface area (TPSA) is 66.8 Å². The Bertz CT molecular complexity index is 344. The highest BCUT2D eigenvalue weighted by Gasteiger charge is 2.38. The average molecular weight is 287 g/mol. The molecule has 0 bridgehead atoms. The number of amides is 1. The van der Waals surface area contributed by atoms with Gasteiger partial charge in [-0.1, -0.05) is 0 Å². The van der Waals surface area contributed by atoms with Crippen LogP contribution in [0.4, 0.5) is 0 Å². The molecule has 2 heterocycles. The van der Waals surface area contributed by atoms with E-state index >= 15 is 0 Å². The molecule has 2 rings (SSSR count). The Balaban J connectivity index is 1.88. The minimum atomic E-state index is -0.879. The van der Waals surface area contributed by atoms with Gasteiger partial charge in [0.15, 0.2) is 0 Å². The van der Waals surface area contributed by atoms with Crippen molar-refractivity contribution < 1.29 is 19.4 Å². The van der Waals surface area contributed by atoms with Gasteiger partial charge in [0.2, 0.25) is 5.91 Å². The lowest BCUT2D eigenvalue weighted by Gasteiger charge is -2.29. The van der Waals surface area contributed by atoms with Crippen molar-refractivity contribution in [3.63, 3.8) is 0 Å². The summed E-state index contributed by atoms with van der Waals surface area (Å²) in [6, 6.07) is -0.317. The molecule has 108 valence electrons. The summed E-state index contributed by atoms with van der Waals surface area (Å²) < 4.78 is 5.21. The van der Waals surface area contributed by atoms with Crippen LogP contribution in [-0.4, -0.2) is 59.7 Å². The average Bonchev–Trinajstić information content (AvgIpc) is 2.88. The van der Waals surface area contributed by atoms with E-state index in [9.17, 15) is 9.59 Å². The number of carbonyl (C=O) groups is 2. The number of likely N-dealkylation sites (N-methyl/N-ethyl adjacent to an activating group) is 1. The summed E-state index contributed by atoms with van der Waals surface area (Å²) in [5.74, 6) is 1.31. The van der Waals surface area contributed by atoms with Crippen LogP contribution in [-0.2, 0) is 14.3 Å². The fraction of sp³-hybridized carbons (Fsp3) is 0.846. The van der Waals surface area contributed by atoms with Crippen LogP contribution in [0.25, 0.3) is 0 Å². The van der Waals surface area contributed by atoms with E-state index in [1.807, 2.05) is 11.8 Å². The van der Waals surface area contributed by atoms with Gasteiger partial charge in [0.1, 0.15) is 5.92 Å². The van der Waals surface area contributed by atoms with Crippen LogP contribution in [0, 0.1) is 11.8 Å². The Morgan fingerprint density at radius 3 is 2.63 bits per heavy atom. The quantitative estimate of drug-likeness (QED) is 0.838. The number of rotatable bonds is 4. The summed E-state index contributed by atoms with van der Waals surface area (Å²) in [6.07, 6.45) is 2.72. The molecule has 0 aromatic carbocycles. The molecular weight excluding hydrogens is 266 g/mol. The third-order valence-electron chi connectivity index (χ3n) is 4.06. The highest BCUT2D eigenvalue weighted by Crippen LogP contribution is 2.27. The summed E-state index contributed by atoms with van der Waals surface area (Å²) in [5.41, 5.74) is 0. The van der Waals surface area contributed by atoms with E-state index in [-0.39, 0.29) is 18.6 Å². The van der Waals surface area contributed by atoms with Crippen molar-refractivity contribution in [1.29, 1.82) is 0 Å². The van der Waals surface area contributed by atoms with E-state index in [0.717, 1.165) is 24.3 Å². The summed E-state index contributed by atoms with van der Waals surface area (Å²) >= 11 is 1.94. The molecule has 2 saturated heterocycles. The molecule has 19 heavy (non-hydrogen) atoms. The normalized spacial score (nSPS) is 28.3. The highest BCUT2D eigenvalue weighted by molar-refractivity contribution is 7.99. The Morgan fingerprint density at radius 1 is 1.32 bits per heavy atom. The Labute approximate surface area is 117 Å². The van der Waals surface area contributed by atoms with Crippen LogP contribution in [0.1, 0.15) is 19.3 Å². The van der Waals surface area contributed by atoms with E-state index in [2.05, 4.69) is 0 Å². The zero-order valence-electron chi connectivity index (χ0n) is 11.2. The van der Waals surface area contributed by atoms with Gasteiger partial charge >= 0.3 is 5.97 Å². The minimum Gasteiger partial charge on any atom is -0.481 e. The Morgan fingerprint density at radius 2 is 2.00 bits per heavy atom. The third-order valence-corrected chi connectivity index (χ3v) is 5.11. The van der Waals surface area contributed by atoms with Gasteiger partial charge in [-0.2, -0.15) is 11.8 Å². The van der Waals surface area contributed by atoms with E-state index in [0.29, 0.717) is 18.9 Å². The number of carboxylic acid groups (broad SMARTS) is 1. The number of hydrogen-bond donors (Lipinski definition) is 1. The van der Waals surface area contributed by atoms with Crippen molar-refractivity contribution in [2.75, 3.05) is 31.8 Å². The number of carboxylic acids is 1. The first-order valence-electron chi connectivity index (χ1n) is 6.73. The first kappa shape index (κ1) is 14.7. The van der Waals surface area contributed by atoms with Crippen molar-refractivity contribution in [2.24, 2.45) is 11.8 Å². The van der Waals surface area contributed by atoms with Gasteiger partial charge in [-0.25, -0.2) is 0 Å². The molecule has 0 spiro atoms. The lowest BCUT2D eigenvalue weighted by atomic mass is 9.96. The van der Waals surface area contributed by atoms with E-state index in [4.69, 9.17) is 9.84 Å². The van der Waals surface area contributed by atoms with Crippen molar-refractivity contribution >= 4 is 23.6 Å². The zero-order chi connectivity index (χ0) is 13.8. The molecule has 2 aliphatic heterocycles. The van der Waals surface area contributed by atoms with Crippen LogP contribution in [0.15, 0.2) is 0 Å². The summed E-state index contributed by atoms with van der Waals surface area (Å²) in [5, 5.41) is 9.12. The maximum absolute atomic E-state index is 12.2. The van der Waals surface area contributed by atoms with E-state index in [1.165, 1.54) is 0 Å². The first-order chi connectivity index (χ1) is 9.09. The number of aliphatic carboxylic acids is 1. The van der Waals surface area contributed by atoms with Crippen LogP contribution in [0.2, 0.25) is 0 Å². The fourth-order valence-corrected chi connectivity index (χ4v) is 3.89. The van der Waals surface area contributed by atoms with E-state index in [1.54, 1.807) is 11.9 Å². The van der Waals surface area contributed by atoms with Gasteiger partial charge in [-0.3, -0.25) is 9.59 Å². The predicted molar refractivity (Wildman–Crippen MR) is 73.2 cm³/mol. The zero-order valence-corrected chi connectivity index (χ0v) is 12.0. The van der Waals surface area contributed by atoms with Crippen LogP contribution >= 0.6 is 11.8 Å². The molecule has 2 atom stereocenters. The van der Waals surface area contributed by atoms with Gasteiger partial charge in [-0.05, 0) is 30.3 Å². The van der Waals surface area contributed by atoms with Gasteiger partial charge in [0, 0.05) is 13.5 Å². The molecule has 5 nitrogen and oxygen atoms in total. The van der Waals surface area contributed by atoms with Crippen LogP contribution in [0.5, 0.6) is 0 Å². The number of hydrogen-bond acceptors (Lipinski definition) is 4. The van der Waals surface area contributed by atoms with E-state index < -0.39 is 11.9 Å². The van der Waals surface area contributed by atoms with Crippen LogP contribution in [0.3, 0.4) is 0 Å². The van der Waals surface area contributed by atoms with Crippen molar-refractivity contribution in [3.8, 4) is 0 Å². The molecule has 0 aromatic rings. The maximum Gasteiger partial charge on any atom is 0.311 e. The van der Waals surface area contributed by atoms with Gasteiger partial charge in [0.25, 0.3) is 0 Å². The highest BCUT2D eigenvalue weighted by atomic mass is 32.2. The standard InChI is InChI=1S/C13H21NO4S/c1-14(11-8-18-7-10(11)13(16)17)12(15)6-9-2-4-19-5-3-9/h9-11H,2-8H2,1H3,(H,16,17). The maximum atomic E-state index is 12.2. The third kappa shape index (κ3) is 3.63. The molecule has 0 aliphatic carbocycles. The molecule has 1 N–H and O–H groups in total. The summed E-state index contributed by atoms with van der Waals surface area (Å²) in [4.78, 5) is 24.9. The molecular formula is C13H21NO4S. The molecule has 0 radical (unpaired) electrons. The predicted octanol–water partition coefficient (Wildman–Crippen LogP) is 1.08. The lowest BCUT2D eigenvalue weighted by molar-refractivity contribution is -0.144. The lowest BCUT2D eigenvalue weighted by Crippen LogP contribution is -2.44. The number of thioether (sulfide) groups is 1. The molecule has 2 fully saturated rings. The monoisotopic (exact) mass is 287 g/mol. The second kappa shape index (κ2) is 6.61. The van der Waals surface area contributed by atoms with Gasteiger partial charge in [-0.15, -0.1) is 0 Å². The first-order valence-corrected chi connectivity index (χ1v) is 7.89. The number of ether oxygens (including phenoxy) is 1. The second-order valence-electron chi connectivity index (χ2n) is 5.31. The Kier molecular flexibility index (Phi) is 5.10. The molecule has 2 unspecified atom stereocenters. The molecule has 2 aliphatic rings. The van der Waals surface area contributed by atoms with Crippen molar-refractivity contribution in [3.05, 3.63) is 0 Å². The van der Waals surface area contributed by atoms with Crippen LogP contribution < -0.4 is 0 Å². The molecule has 0 aromatic heterocycles. The van der Waals surface area contributed by atoms with Crippen molar-refractivity contribution in [2.45, 2.75) is 25.3 Å². The molecule has 0 saturated carbocycles. The largest absolute Gasteiger partial charge is 0.481 e. The summed E-state index contributed by atoms with van der Waals surface area (Å²) in [7, 11) is 1.70. The summed E-state index contributed by atoms with van der Waals surface area (Å²) in [6.45, 7) is 0.539. The second-order valence-corrected chi connectivity index (χ2v) is 6.54. The Hall–Kier alpha value is -0.750.